The molecule has 0 aliphatic rings. The van der Waals surface area contributed by atoms with Gasteiger partial charge in [0, 0.05) is 27.4 Å². The second kappa shape index (κ2) is 8.65. The van der Waals surface area contributed by atoms with E-state index >= 15 is 0 Å². The van der Waals surface area contributed by atoms with Crippen LogP contribution in [0.2, 0.25) is 10.0 Å². The zero-order valence-corrected chi connectivity index (χ0v) is 18.9. The molecule has 1 N–H and O–H groups in total. The lowest BCUT2D eigenvalue weighted by molar-refractivity contribution is 0.102. The van der Waals surface area contributed by atoms with E-state index < -0.39 is 5.91 Å². The number of benzene rings is 2. The number of nitrogens with one attached hydrogen (secondary N) is 1. The Labute approximate surface area is 198 Å². The minimum atomic E-state index is -0.410. The molecular weight excluding hydrogens is 461 g/mol. The highest BCUT2D eigenvalue weighted by atomic mass is 35.5. The highest BCUT2D eigenvalue weighted by Crippen LogP contribution is 2.25. The lowest BCUT2D eigenvalue weighted by Gasteiger charge is -2.06. The molecular formula is C23H17Cl2N7O. The molecule has 0 aliphatic heterocycles. The number of carbonyl (C=O) groups is 1. The van der Waals surface area contributed by atoms with Gasteiger partial charge in [-0.05, 0) is 25.1 Å². The van der Waals surface area contributed by atoms with Crippen LogP contribution in [-0.2, 0) is 6.54 Å². The van der Waals surface area contributed by atoms with Crippen LogP contribution in [0, 0.1) is 6.92 Å². The quantitative estimate of drug-likeness (QED) is 0.388. The van der Waals surface area contributed by atoms with Gasteiger partial charge in [0.05, 0.1) is 18.4 Å². The van der Waals surface area contributed by atoms with Gasteiger partial charge in [0.15, 0.2) is 5.65 Å². The van der Waals surface area contributed by atoms with Crippen LogP contribution >= 0.6 is 23.2 Å². The van der Waals surface area contributed by atoms with Crippen LogP contribution in [0.25, 0.3) is 16.9 Å². The smallest absolute Gasteiger partial charge is 0.263 e. The van der Waals surface area contributed by atoms with Gasteiger partial charge in [-0.25, -0.2) is 19.2 Å². The van der Waals surface area contributed by atoms with Gasteiger partial charge in [-0.2, -0.15) is 5.10 Å². The Hall–Kier alpha value is -3.75. The van der Waals surface area contributed by atoms with Gasteiger partial charge in [0.25, 0.3) is 5.91 Å². The van der Waals surface area contributed by atoms with Crippen LogP contribution in [0.1, 0.15) is 21.5 Å². The van der Waals surface area contributed by atoms with Crippen molar-refractivity contribution in [3.63, 3.8) is 0 Å². The summed E-state index contributed by atoms with van der Waals surface area (Å²) in [5.74, 6) is -0.260. The standard InChI is InChI=1S/C23H17Cl2N7O/c1-14-5-7-15(8-6-14)20-9-10-26-21-16(11-28-32(20)21)22(33)29-23-27-13-31(30-23)12-17-18(24)3-2-4-19(17)25/h2-11,13H,12H2,1H3,(H,29,30,33). The minimum Gasteiger partial charge on any atom is -0.289 e. The summed E-state index contributed by atoms with van der Waals surface area (Å²) in [6.45, 7) is 2.35. The fraction of sp³-hybridized carbons (Fsp3) is 0.0870. The molecule has 0 radical (unpaired) electrons. The van der Waals surface area contributed by atoms with Crippen molar-refractivity contribution in [2.45, 2.75) is 13.5 Å². The van der Waals surface area contributed by atoms with Gasteiger partial charge < -0.3 is 0 Å². The molecule has 3 aromatic heterocycles. The van der Waals surface area contributed by atoms with Gasteiger partial charge >= 0.3 is 0 Å². The van der Waals surface area contributed by atoms with Crippen molar-refractivity contribution in [1.29, 1.82) is 0 Å². The number of carbonyl (C=O) groups excluding carboxylic acids is 1. The summed E-state index contributed by atoms with van der Waals surface area (Å²) >= 11 is 12.5. The molecule has 0 saturated heterocycles. The lowest BCUT2D eigenvalue weighted by Crippen LogP contribution is -2.14. The summed E-state index contributed by atoms with van der Waals surface area (Å²) in [7, 11) is 0. The Morgan fingerprint density at radius 3 is 2.55 bits per heavy atom. The molecule has 164 valence electrons. The summed E-state index contributed by atoms with van der Waals surface area (Å²) in [6, 6.07) is 15.2. The van der Waals surface area contributed by atoms with Gasteiger partial charge in [0.1, 0.15) is 11.9 Å². The third-order valence-corrected chi connectivity index (χ3v) is 5.85. The minimum absolute atomic E-state index is 0.150. The molecule has 0 unspecified atom stereocenters. The highest BCUT2D eigenvalue weighted by molar-refractivity contribution is 6.36. The number of amides is 1. The van der Waals surface area contributed by atoms with E-state index in [2.05, 4.69) is 25.5 Å². The largest absolute Gasteiger partial charge is 0.289 e. The SMILES string of the molecule is Cc1ccc(-c2ccnc3c(C(=O)Nc4ncn(Cc5c(Cl)cccc5Cl)n4)cnn23)cc1. The summed E-state index contributed by atoms with van der Waals surface area (Å²) in [5.41, 5.74) is 4.44. The Morgan fingerprint density at radius 2 is 1.79 bits per heavy atom. The summed E-state index contributed by atoms with van der Waals surface area (Å²) in [6.07, 6.45) is 4.64. The van der Waals surface area contributed by atoms with Crippen molar-refractivity contribution in [3.8, 4) is 11.3 Å². The zero-order chi connectivity index (χ0) is 22.9. The Bertz CT molecular complexity index is 1450. The number of rotatable bonds is 5. The summed E-state index contributed by atoms with van der Waals surface area (Å²) < 4.78 is 3.19. The lowest BCUT2D eigenvalue weighted by atomic mass is 10.1. The van der Waals surface area contributed by atoms with Crippen LogP contribution in [0.3, 0.4) is 0 Å². The zero-order valence-electron chi connectivity index (χ0n) is 17.4. The summed E-state index contributed by atoms with van der Waals surface area (Å²) in [4.78, 5) is 21.4. The molecule has 0 spiro atoms. The number of hydrogen-bond donors (Lipinski definition) is 1. The Balaban J connectivity index is 1.38. The molecule has 3 heterocycles. The number of anilines is 1. The van der Waals surface area contributed by atoms with Crippen molar-refractivity contribution in [3.05, 3.63) is 94.0 Å². The maximum atomic E-state index is 12.9. The summed E-state index contributed by atoms with van der Waals surface area (Å²) in [5, 5.41) is 12.4. The topological polar surface area (TPSA) is 90.0 Å². The molecule has 0 atom stereocenters. The Morgan fingerprint density at radius 1 is 1.03 bits per heavy atom. The first kappa shape index (κ1) is 21.1. The van der Waals surface area contributed by atoms with Crippen molar-refractivity contribution in [2.75, 3.05) is 5.32 Å². The molecule has 0 saturated carbocycles. The first-order valence-electron chi connectivity index (χ1n) is 10.0. The van der Waals surface area contributed by atoms with Crippen molar-refractivity contribution >= 4 is 40.7 Å². The van der Waals surface area contributed by atoms with Crippen LogP contribution in [0.5, 0.6) is 0 Å². The number of hydrogen-bond acceptors (Lipinski definition) is 5. The van der Waals surface area contributed by atoms with Crippen LogP contribution in [0.4, 0.5) is 5.95 Å². The molecule has 33 heavy (non-hydrogen) atoms. The van der Waals surface area contributed by atoms with Gasteiger partial charge in [-0.3, -0.25) is 10.1 Å². The first-order chi connectivity index (χ1) is 16.0. The van der Waals surface area contributed by atoms with E-state index in [4.69, 9.17) is 23.2 Å². The number of aromatic nitrogens is 6. The monoisotopic (exact) mass is 477 g/mol. The van der Waals surface area contributed by atoms with Crippen molar-refractivity contribution in [2.24, 2.45) is 0 Å². The highest BCUT2D eigenvalue weighted by Gasteiger charge is 2.18. The number of halogens is 2. The van der Waals surface area contributed by atoms with E-state index in [-0.39, 0.29) is 5.95 Å². The molecule has 0 fully saturated rings. The van der Waals surface area contributed by atoms with E-state index in [1.165, 1.54) is 12.5 Å². The third-order valence-electron chi connectivity index (χ3n) is 5.14. The second-order valence-electron chi connectivity index (χ2n) is 7.41. The third kappa shape index (κ3) is 4.18. The van der Waals surface area contributed by atoms with Crippen LogP contribution in [0.15, 0.2) is 67.3 Å². The molecule has 5 rings (SSSR count). The normalized spacial score (nSPS) is 11.1. The fourth-order valence-electron chi connectivity index (χ4n) is 3.44. The number of fused-ring (bicyclic) bond motifs is 1. The second-order valence-corrected chi connectivity index (χ2v) is 8.22. The van der Waals surface area contributed by atoms with Crippen molar-refractivity contribution < 1.29 is 4.79 Å². The van der Waals surface area contributed by atoms with Gasteiger partial charge in [0.2, 0.25) is 5.95 Å². The predicted molar refractivity (Wildman–Crippen MR) is 127 cm³/mol. The molecule has 0 aliphatic carbocycles. The first-order valence-corrected chi connectivity index (χ1v) is 10.8. The molecule has 10 heteroatoms. The average Bonchev–Trinajstić information content (AvgIpc) is 3.43. The van der Waals surface area contributed by atoms with Crippen LogP contribution < -0.4 is 5.32 Å². The Kier molecular flexibility index (Phi) is 5.53. The number of aryl methyl sites for hydroxylation is 1. The molecule has 1 amide bonds. The van der Waals surface area contributed by atoms with E-state index in [1.807, 2.05) is 37.3 Å². The van der Waals surface area contributed by atoms with Gasteiger partial charge in [-0.15, -0.1) is 5.10 Å². The van der Waals surface area contributed by atoms with E-state index in [9.17, 15) is 4.79 Å². The molecule has 8 nitrogen and oxygen atoms in total. The fourth-order valence-corrected chi connectivity index (χ4v) is 3.95. The predicted octanol–water partition coefficient (Wildman–Crippen LogP) is 4.90. The molecule has 2 aromatic carbocycles. The number of nitrogens with zero attached hydrogens (tertiary/aromatic N) is 6. The molecule has 5 aromatic rings. The average molecular weight is 478 g/mol. The van der Waals surface area contributed by atoms with Crippen LogP contribution in [-0.4, -0.2) is 35.3 Å². The van der Waals surface area contributed by atoms with E-state index in [0.717, 1.165) is 22.4 Å². The maximum Gasteiger partial charge on any atom is 0.263 e. The molecule has 0 bridgehead atoms. The van der Waals surface area contributed by atoms with Crippen molar-refractivity contribution in [1.82, 2.24) is 29.4 Å². The van der Waals surface area contributed by atoms with Gasteiger partial charge in [-0.1, -0.05) is 59.1 Å². The van der Waals surface area contributed by atoms with E-state index in [0.29, 0.717) is 27.8 Å². The van der Waals surface area contributed by atoms with E-state index in [1.54, 1.807) is 33.6 Å². The maximum absolute atomic E-state index is 12.9.